The van der Waals surface area contributed by atoms with Gasteiger partial charge in [-0.25, -0.2) is 4.39 Å². The van der Waals surface area contributed by atoms with Crippen LogP contribution < -0.4 is 5.73 Å². The number of hydrogen-bond acceptors (Lipinski definition) is 2. The van der Waals surface area contributed by atoms with Crippen LogP contribution in [0.3, 0.4) is 0 Å². The lowest BCUT2D eigenvalue weighted by molar-refractivity contribution is -0.140. The fraction of sp³-hybridized carbons (Fsp3) is 0.357. The van der Waals surface area contributed by atoms with Crippen molar-refractivity contribution in [2.45, 2.75) is 25.1 Å². The molecule has 2 aromatic rings. The van der Waals surface area contributed by atoms with Crippen LogP contribution in [0.5, 0.6) is 0 Å². The Balaban J connectivity index is 2.14. The molecule has 0 amide bonds. The molecule has 0 aliphatic rings. The van der Waals surface area contributed by atoms with E-state index in [1.54, 1.807) is 24.1 Å². The molecule has 7 heteroatoms. The summed E-state index contributed by atoms with van der Waals surface area (Å²) in [7, 11) is 1.76. The third-order valence-corrected chi connectivity index (χ3v) is 3.24. The monoisotopic (exact) mass is 301 g/mol. The maximum absolute atomic E-state index is 13.9. The van der Waals surface area contributed by atoms with Gasteiger partial charge >= 0.3 is 6.18 Å². The Morgan fingerprint density at radius 2 is 2.05 bits per heavy atom. The van der Waals surface area contributed by atoms with E-state index in [4.69, 9.17) is 5.73 Å². The summed E-state index contributed by atoms with van der Waals surface area (Å²) >= 11 is 0. The summed E-state index contributed by atoms with van der Waals surface area (Å²) in [6.07, 6.45) is -0.428. The minimum absolute atomic E-state index is 0.117. The first kappa shape index (κ1) is 15.5. The number of nitrogens with zero attached hydrogens (tertiary/aromatic N) is 2. The van der Waals surface area contributed by atoms with Crippen molar-refractivity contribution in [1.82, 2.24) is 9.78 Å². The molecule has 0 aliphatic carbocycles. The van der Waals surface area contributed by atoms with Crippen LogP contribution in [0.1, 0.15) is 29.2 Å². The van der Waals surface area contributed by atoms with Gasteiger partial charge < -0.3 is 5.73 Å². The van der Waals surface area contributed by atoms with Crippen molar-refractivity contribution in [3.8, 4) is 0 Å². The Labute approximate surface area is 119 Å². The van der Waals surface area contributed by atoms with Gasteiger partial charge in [-0.05, 0) is 24.5 Å². The molecular formula is C14H15F4N3. The Kier molecular flexibility index (Phi) is 4.32. The molecule has 1 atom stereocenters. The van der Waals surface area contributed by atoms with Gasteiger partial charge in [0.2, 0.25) is 0 Å². The molecule has 0 bridgehead atoms. The highest BCUT2D eigenvalue weighted by Crippen LogP contribution is 2.34. The molecule has 0 saturated carbocycles. The number of aromatic nitrogens is 2. The third kappa shape index (κ3) is 3.60. The van der Waals surface area contributed by atoms with E-state index >= 15 is 0 Å². The Morgan fingerprint density at radius 1 is 1.33 bits per heavy atom. The largest absolute Gasteiger partial charge is 0.419 e. The SMILES string of the molecule is Cn1cc(CCC(N)c2cccc(C(F)(F)F)c2F)cn1. The number of aryl methyl sites for hydroxylation is 2. The fourth-order valence-corrected chi connectivity index (χ4v) is 2.13. The molecule has 0 spiro atoms. The van der Waals surface area contributed by atoms with Crippen molar-refractivity contribution in [3.63, 3.8) is 0 Å². The lowest BCUT2D eigenvalue weighted by Gasteiger charge is -2.16. The number of alkyl halides is 3. The maximum atomic E-state index is 13.9. The summed E-state index contributed by atoms with van der Waals surface area (Å²) < 4.78 is 53.5. The number of benzene rings is 1. The lowest BCUT2D eigenvalue weighted by atomic mass is 9.98. The Bertz CT molecular complexity index is 619. The van der Waals surface area contributed by atoms with E-state index in [-0.39, 0.29) is 5.56 Å². The maximum Gasteiger partial charge on any atom is 0.419 e. The molecule has 1 aromatic carbocycles. The van der Waals surface area contributed by atoms with Crippen molar-refractivity contribution in [1.29, 1.82) is 0 Å². The first-order valence-corrected chi connectivity index (χ1v) is 6.37. The second-order valence-corrected chi connectivity index (χ2v) is 4.87. The van der Waals surface area contributed by atoms with Gasteiger partial charge in [0, 0.05) is 24.8 Å². The van der Waals surface area contributed by atoms with Crippen LogP contribution in [0.25, 0.3) is 0 Å². The van der Waals surface area contributed by atoms with Crippen molar-refractivity contribution < 1.29 is 17.6 Å². The van der Waals surface area contributed by atoms with Crippen molar-refractivity contribution in [3.05, 3.63) is 53.1 Å². The van der Waals surface area contributed by atoms with Crippen LogP contribution in [-0.4, -0.2) is 9.78 Å². The first-order valence-electron chi connectivity index (χ1n) is 6.37. The first-order chi connectivity index (χ1) is 9.79. The van der Waals surface area contributed by atoms with Gasteiger partial charge in [-0.3, -0.25) is 4.68 Å². The minimum Gasteiger partial charge on any atom is -0.324 e. The quantitative estimate of drug-likeness (QED) is 0.881. The van der Waals surface area contributed by atoms with Gasteiger partial charge in [0.05, 0.1) is 11.8 Å². The second-order valence-electron chi connectivity index (χ2n) is 4.87. The zero-order valence-corrected chi connectivity index (χ0v) is 11.4. The van der Waals surface area contributed by atoms with E-state index in [2.05, 4.69) is 5.10 Å². The van der Waals surface area contributed by atoms with Crippen LogP contribution in [0.2, 0.25) is 0 Å². The topological polar surface area (TPSA) is 43.8 Å². The summed E-state index contributed by atoms with van der Waals surface area (Å²) in [5.41, 5.74) is 5.33. The molecule has 21 heavy (non-hydrogen) atoms. The lowest BCUT2D eigenvalue weighted by Crippen LogP contribution is -2.17. The van der Waals surface area contributed by atoms with Gasteiger partial charge in [-0.15, -0.1) is 0 Å². The van der Waals surface area contributed by atoms with Crippen LogP contribution in [-0.2, 0) is 19.6 Å². The van der Waals surface area contributed by atoms with Crippen LogP contribution in [0.4, 0.5) is 17.6 Å². The number of nitrogens with two attached hydrogens (primary N) is 1. The summed E-state index contributed by atoms with van der Waals surface area (Å²) in [6, 6.07) is 2.38. The van der Waals surface area contributed by atoms with Crippen LogP contribution in [0, 0.1) is 5.82 Å². The predicted octanol–water partition coefficient (Wildman–Crippen LogP) is 3.21. The molecule has 1 unspecified atom stereocenters. The molecule has 114 valence electrons. The van der Waals surface area contributed by atoms with E-state index in [1.807, 2.05) is 0 Å². The molecule has 1 aromatic heterocycles. The van der Waals surface area contributed by atoms with Gasteiger partial charge in [0.1, 0.15) is 5.82 Å². The van der Waals surface area contributed by atoms with Crippen molar-refractivity contribution in [2.75, 3.05) is 0 Å². The summed E-state index contributed by atoms with van der Waals surface area (Å²) in [6.45, 7) is 0. The number of halogens is 4. The Morgan fingerprint density at radius 3 is 2.62 bits per heavy atom. The zero-order chi connectivity index (χ0) is 15.6. The second kappa shape index (κ2) is 5.85. The molecular weight excluding hydrogens is 286 g/mol. The van der Waals surface area contributed by atoms with Gasteiger partial charge in [-0.1, -0.05) is 12.1 Å². The zero-order valence-electron chi connectivity index (χ0n) is 11.4. The minimum atomic E-state index is -4.72. The summed E-state index contributed by atoms with van der Waals surface area (Å²) in [5, 5.41) is 3.98. The van der Waals surface area contributed by atoms with Crippen LogP contribution >= 0.6 is 0 Å². The van der Waals surface area contributed by atoms with E-state index in [0.29, 0.717) is 18.9 Å². The normalized spacial score (nSPS) is 13.4. The molecule has 2 N–H and O–H groups in total. The highest BCUT2D eigenvalue weighted by molar-refractivity contribution is 5.30. The summed E-state index contributed by atoms with van der Waals surface area (Å²) in [4.78, 5) is 0. The third-order valence-electron chi connectivity index (χ3n) is 3.24. The van der Waals surface area contributed by atoms with E-state index in [0.717, 1.165) is 5.56 Å². The van der Waals surface area contributed by atoms with Crippen LogP contribution in [0.15, 0.2) is 30.6 Å². The van der Waals surface area contributed by atoms with Gasteiger partial charge in [-0.2, -0.15) is 18.3 Å². The number of hydrogen-bond donors (Lipinski definition) is 1. The van der Waals surface area contributed by atoms with E-state index in [1.165, 1.54) is 12.1 Å². The number of rotatable bonds is 4. The van der Waals surface area contributed by atoms with Gasteiger partial charge in [0.15, 0.2) is 0 Å². The highest BCUT2D eigenvalue weighted by atomic mass is 19.4. The smallest absolute Gasteiger partial charge is 0.324 e. The molecule has 2 rings (SSSR count). The summed E-state index contributed by atoms with van der Waals surface area (Å²) in [5.74, 6) is -1.29. The van der Waals surface area contributed by atoms with Crippen molar-refractivity contribution >= 4 is 0 Å². The molecule has 1 heterocycles. The molecule has 0 aliphatic heterocycles. The van der Waals surface area contributed by atoms with E-state index in [9.17, 15) is 17.6 Å². The average Bonchev–Trinajstić information content (AvgIpc) is 2.80. The van der Waals surface area contributed by atoms with E-state index < -0.39 is 23.6 Å². The molecule has 3 nitrogen and oxygen atoms in total. The van der Waals surface area contributed by atoms with Gasteiger partial charge in [0.25, 0.3) is 0 Å². The molecule has 0 fully saturated rings. The fourth-order valence-electron chi connectivity index (χ4n) is 2.13. The average molecular weight is 301 g/mol. The molecule has 0 saturated heterocycles. The van der Waals surface area contributed by atoms with Crippen molar-refractivity contribution in [2.24, 2.45) is 12.8 Å². The standard InChI is InChI=1S/C14H15F4N3/c1-21-8-9(7-20-21)5-6-12(19)10-3-2-4-11(13(10)15)14(16,17)18/h2-4,7-8,12H,5-6,19H2,1H3. The molecule has 0 radical (unpaired) electrons. The predicted molar refractivity (Wildman–Crippen MR) is 69.9 cm³/mol. The highest BCUT2D eigenvalue weighted by Gasteiger charge is 2.35. The Hall–Kier alpha value is -1.89.